The van der Waals surface area contributed by atoms with Crippen LogP contribution in [0.25, 0.3) is 22.0 Å². The summed E-state index contributed by atoms with van der Waals surface area (Å²) in [6.45, 7) is 1.77. The van der Waals surface area contributed by atoms with Crippen molar-refractivity contribution >= 4 is 32.5 Å². The summed E-state index contributed by atoms with van der Waals surface area (Å²) in [6.07, 6.45) is 1.53. The lowest BCUT2D eigenvalue weighted by molar-refractivity contribution is 0.570. The van der Waals surface area contributed by atoms with Crippen molar-refractivity contribution in [2.24, 2.45) is 0 Å². The quantitative estimate of drug-likeness (QED) is 0.693. The number of nitrogens with zero attached hydrogens (tertiary/aromatic N) is 2. The molecule has 3 rings (SSSR count). The molecule has 22 heavy (non-hydrogen) atoms. The van der Waals surface area contributed by atoms with E-state index in [1.54, 1.807) is 6.92 Å². The Kier molecular flexibility index (Phi) is 3.40. The Morgan fingerprint density at radius 2 is 1.95 bits per heavy atom. The minimum atomic E-state index is -0.880. The summed E-state index contributed by atoms with van der Waals surface area (Å²) in [5.74, 6) is -1.81. The minimum absolute atomic E-state index is 0.00681. The van der Waals surface area contributed by atoms with E-state index in [1.165, 1.54) is 12.3 Å². The summed E-state index contributed by atoms with van der Waals surface area (Å²) in [5.41, 5.74) is 6.04. The van der Waals surface area contributed by atoms with Gasteiger partial charge in [0, 0.05) is 11.8 Å². The van der Waals surface area contributed by atoms with Crippen molar-refractivity contribution in [3.8, 4) is 11.3 Å². The van der Waals surface area contributed by atoms with Crippen LogP contribution in [-0.4, -0.2) is 15.0 Å². The number of nitrogen functional groups attached to an aromatic ring is 1. The van der Waals surface area contributed by atoms with Crippen molar-refractivity contribution < 1.29 is 8.78 Å². The lowest BCUT2D eigenvalue weighted by Gasteiger charge is -2.09. The molecule has 0 radical (unpaired) electrons. The molecule has 0 unspecified atom stereocenters. The van der Waals surface area contributed by atoms with Gasteiger partial charge in [-0.1, -0.05) is 0 Å². The molecular formula is C14H9BrF2N4O. The van der Waals surface area contributed by atoms with Gasteiger partial charge in [0.15, 0.2) is 10.4 Å². The zero-order valence-electron chi connectivity index (χ0n) is 11.2. The summed E-state index contributed by atoms with van der Waals surface area (Å²) in [7, 11) is 0. The first kappa shape index (κ1) is 14.6. The number of halogens is 3. The second-order valence-electron chi connectivity index (χ2n) is 4.72. The number of aromatic amines is 1. The molecule has 2 aromatic heterocycles. The number of benzene rings is 1. The molecule has 0 saturated heterocycles. The van der Waals surface area contributed by atoms with Crippen molar-refractivity contribution in [3.05, 3.63) is 50.6 Å². The van der Waals surface area contributed by atoms with Crippen LogP contribution < -0.4 is 11.3 Å². The predicted octanol–water partition coefficient (Wildman–Crippen LogP) is 2.92. The third kappa shape index (κ3) is 2.25. The highest BCUT2D eigenvalue weighted by atomic mass is 79.9. The molecule has 112 valence electrons. The number of fused-ring (bicyclic) bond motifs is 1. The normalized spacial score (nSPS) is 11.1. The SMILES string of the molecule is Cc1c[nH]c(=O)c2cc(F)c(-c3nc(Br)c(F)nc3N)cc12. The van der Waals surface area contributed by atoms with Gasteiger partial charge in [0.1, 0.15) is 11.5 Å². The fourth-order valence-electron chi connectivity index (χ4n) is 2.20. The van der Waals surface area contributed by atoms with Crippen LogP contribution >= 0.6 is 15.9 Å². The molecule has 5 nitrogen and oxygen atoms in total. The highest BCUT2D eigenvalue weighted by Gasteiger charge is 2.17. The highest BCUT2D eigenvalue weighted by Crippen LogP contribution is 2.30. The maximum atomic E-state index is 14.3. The highest BCUT2D eigenvalue weighted by molar-refractivity contribution is 9.10. The lowest BCUT2D eigenvalue weighted by Crippen LogP contribution is -2.08. The molecule has 0 aliphatic rings. The molecule has 3 aromatic rings. The van der Waals surface area contributed by atoms with Crippen LogP contribution in [-0.2, 0) is 0 Å². The molecule has 0 amide bonds. The maximum absolute atomic E-state index is 14.3. The Morgan fingerprint density at radius 3 is 2.68 bits per heavy atom. The number of H-pyrrole nitrogens is 1. The van der Waals surface area contributed by atoms with Crippen LogP contribution in [0, 0.1) is 18.7 Å². The third-order valence-electron chi connectivity index (χ3n) is 3.29. The summed E-state index contributed by atoms with van der Waals surface area (Å²) >= 11 is 2.90. The number of nitrogens with two attached hydrogens (primary N) is 1. The summed E-state index contributed by atoms with van der Waals surface area (Å²) in [6, 6.07) is 2.56. The van der Waals surface area contributed by atoms with E-state index in [9.17, 15) is 13.6 Å². The van der Waals surface area contributed by atoms with Gasteiger partial charge in [0.2, 0.25) is 5.95 Å². The molecule has 8 heteroatoms. The molecule has 3 N–H and O–H groups in total. The molecule has 0 spiro atoms. The number of aromatic nitrogens is 3. The minimum Gasteiger partial charge on any atom is -0.382 e. The first-order valence-corrected chi connectivity index (χ1v) is 6.98. The van der Waals surface area contributed by atoms with Crippen LogP contribution in [0.15, 0.2) is 27.7 Å². The van der Waals surface area contributed by atoms with Crippen LogP contribution in [0.1, 0.15) is 5.56 Å². The van der Waals surface area contributed by atoms with Crippen molar-refractivity contribution in [1.29, 1.82) is 0 Å². The van der Waals surface area contributed by atoms with E-state index in [2.05, 4.69) is 30.9 Å². The fraction of sp³-hybridized carbons (Fsp3) is 0.0714. The van der Waals surface area contributed by atoms with Gasteiger partial charge >= 0.3 is 0 Å². The lowest BCUT2D eigenvalue weighted by atomic mass is 10.0. The first-order valence-electron chi connectivity index (χ1n) is 6.19. The monoisotopic (exact) mass is 366 g/mol. The number of aryl methyl sites for hydroxylation is 1. The zero-order valence-corrected chi connectivity index (χ0v) is 12.8. The van der Waals surface area contributed by atoms with E-state index in [0.29, 0.717) is 5.39 Å². The molecule has 0 aliphatic carbocycles. The second-order valence-corrected chi connectivity index (χ2v) is 5.47. The van der Waals surface area contributed by atoms with Gasteiger partial charge in [-0.25, -0.2) is 9.37 Å². The Morgan fingerprint density at radius 1 is 1.23 bits per heavy atom. The standard InChI is InChI=1S/C14H9BrF2N4O/c1-5-4-19-14(22)7-3-9(16)8(2-6(5)7)10-13(18)21-12(17)11(15)20-10/h2-4H,1H3,(H2,18,21)(H,19,22). The fourth-order valence-corrected chi connectivity index (χ4v) is 2.47. The Bertz CT molecular complexity index is 971. The topological polar surface area (TPSA) is 84.7 Å². The zero-order chi connectivity index (χ0) is 16.0. The average molecular weight is 367 g/mol. The van der Waals surface area contributed by atoms with E-state index < -0.39 is 17.3 Å². The molecule has 0 saturated carbocycles. The summed E-state index contributed by atoms with van der Waals surface area (Å²) < 4.78 is 27.5. The van der Waals surface area contributed by atoms with Crippen molar-refractivity contribution in [2.75, 3.05) is 5.73 Å². The van der Waals surface area contributed by atoms with Gasteiger partial charge in [0.05, 0.1) is 5.39 Å². The van der Waals surface area contributed by atoms with Gasteiger partial charge in [-0.15, -0.1) is 0 Å². The smallest absolute Gasteiger partial charge is 0.255 e. The van der Waals surface area contributed by atoms with Crippen molar-refractivity contribution in [3.63, 3.8) is 0 Å². The number of rotatable bonds is 1. The van der Waals surface area contributed by atoms with E-state index in [4.69, 9.17) is 5.73 Å². The van der Waals surface area contributed by atoms with Crippen LogP contribution in [0.4, 0.5) is 14.6 Å². The van der Waals surface area contributed by atoms with E-state index in [1.807, 2.05) is 0 Å². The molecule has 2 heterocycles. The van der Waals surface area contributed by atoms with Crippen molar-refractivity contribution in [2.45, 2.75) is 6.92 Å². The Labute approximate surface area is 131 Å². The predicted molar refractivity (Wildman–Crippen MR) is 82.4 cm³/mol. The van der Waals surface area contributed by atoms with E-state index in [-0.39, 0.29) is 27.1 Å². The number of hydrogen-bond acceptors (Lipinski definition) is 4. The molecule has 0 atom stereocenters. The number of pyridine rings is 1. The summed E-state index contributed by atoms with van der Waals surface area (Å²) in [4.78, 5) is 21.7. The van der Waals surface area contributed by atoms with Gasteiger partial charge in [0.25, 0.3) is 5.56 Å². The molecular weight excluding hydrogens is 358 g/mol. The van der Waals surface area contributed by atoms with Crippen LogP contribution in [0.5, 0.6) is 0 Å². The number of hydrogen-bond donors (Lipinski definition) is 2. The second kappa shape index (κ2) is 5.13. The van der Waals surface area contributed by atoms with Crippen LogP contribution in [0.2, 0.25) is 0 Å². The first-order chi connectivity index (χ1) is 10.4. The average Bonchev–Trinajstić information content (AvgIpc) is 2.47. The molecule has 0 fully saturated rings. The number of nitrogens with one attached hydrogen (secondary N) is 1. The Balaban J connectivity index is 2.37. The number of anilines is 1. The third-order valence-corrected chi connectivity index (χ3v) is 3.80. The summed E-state index contributed by atoms with van der Waals surface area (Å²) in [5, 5.41) is 0.774. The van der Waals surface area contributed by atoms with Crippen LogP contribution in [0.3, 0.4) is 0 Å². The largest absolute Gasteiger partial charge is 0.382 e. The van der Waals surface area contributed by atoms with Gasteiger partial charge in [-0.2, -0.15) is 9.37 Å². The van der Waals surface area contributed by atoms with Gasteiger partial charge in [-0.05, 0) is 45.9 Å². The van der Waals surface area contributed by atoms with Gasteiger partial charge in [-0.3, -0.25) is 4.79 Å². The van der Waals surface area contributed by atoms with E-state index in [0.717, 1.165) is 11.6 Å². The Hall–Kier alpha value is -2.35. The molecule has 0 aliphatic heterocycles. The van der Waals surface area contributed by atoms with Crippen molar-refractivity contribution in [1.82, 2.24) is 15.0 Å². The van der Waals surface area contributed by atoms with Gasteiger partial charge < -0.3 is 10.7 Å². The molecule has 1 aromatic carbocycles. The molecule has 0 bridgehead atoms. The van der Waals surface area contributed by atoms with E-state index >= 15 is 0 Å². The maximum Gasteiger partial charge on any atom is 0.255 e.